The first kappa shape index (κ1) is 20.4. The Bertz CT molecular complexity index is 1130. The lowest BCUT2D eigenvalue weighted by molar-refractivity contribution is -0.255. The zero-order valence-corrected chi connectivity index (χ0v) is 16.9. The molecule has 3 rings (SSSR count). The molecule has 148 valence electrons. The van der Waals surface area contributed by atoms with Crippen LogP contribution in [0.5, 0.6) is 0 Å². The fraction of sp³-hybridized carbons (Fsp3) is 0.136. The molecule has 0 aliphatic heterocycles. The van der Waals surface area contributed by atoms with Crippen LogP contribution < -0.4 is 10.5 Å². The minimum absolute atomic E-state index is 0.150. The van der Waals surface area contributed by atoms with Crippen molar-refractivity contribution in [2.45, 2.75) is 20.8 Å². The topological polar surface area (TPSA) is 86.5 Å². The van der Waals surface area contributed by atoms with Gasteiger partial charge in [0, 0.05) is 28.2 Å². The van der Waals surface area contributed by atoms with Crippen LogP contribution in [0.25, 0.3) is 5.69 Å². The predicted molar refractivity (Wildman–Crippen MR) is 111 cm³/mol. The number of benzene rings is 2. The van der Waals surface area contributed by atoms with Crippen molar-refractivity contribution < 1.29 is 14.7 Å². The molecule has 0 saturated carbocycles. The number of hydrogen-bond acceptors (Lipinski definition) is 4. The van der Waals surface area contributed by atoms with Gasteiger partial charge < -0.3 is 14.5 Å². The quantitative estimate of drug-likeness (QED) is 0.519. The van der Waals surface area contributed by atoms with E-state index >= 15 is 0 Å². The first-order valence-electron chi connectivity index (χ1n) is 8.89. The van der Waals surface area contributed by atoms with Gasteiger partial charge in [-0.25, -0.2) is 5.43 Å². The van der Waals surface area contributed by atoms with Gasteiger partial charge in [0.2, 0.25) is 0 Å². The summed E-state index contributed by atoms with van der Waals surface area (Å²) in [5.74, 6) is -1.62. The molecule has 0 aliphatic carbocycles. The molecule has 2 aromatic carbocycles. The van der Waals surface area contributed by atoms with Gasteiger partial charge in [-0.1, -0.05) is 35.9 Å². The summed E-state index contributed by atoms with van der Waals surface area (Å²) < 4.78 is 1.94. The summed E-state index contributed by atoms with van der Waals surface area (Å²) in [6, 6.07) is 13.7. The molecule has 1 N–H and O–H groups in total. The van der Waals surface area contributed by atoms with E-state index in [1.165, 1.54) is 6.07 Å². The minimum Gasteiger partial charge on any atom is -0.545 e. The standard InChI is InChI=1S/C22H20ClN3O3/c1-13-11-16(12-24-25-21(27)18-7-4-5-9-19(18)23)15(3)26(13)20-10-6-8-17(14(20)2)22(28)29/h4-12H,1-3H3,(H,25,27)(H,28,29)/p-1/b24-12-. The second-order valence-electron chi connectivity index (χ2n) is 6.58. The molecular weight excluding hydrogens is 390 g/mol. The van der Waals surface area contributed by atoms with Gasteiger partial charge in [0.05, 0.1) is 22.8 Å². The molecule has 29 heavy (non-hydrogen) atoms. The number of carbonyl (C=O) groups excluding carboxylic acids is 2. The summed E-state index contributed by atoms with van der Waals surface area (Å²) in [4.78, 5) is 23.5. The van der Waals surface area contributed by atoms with Gasteiger partial charge in [-0.15, -0.1) is 0 Å². The van der Waals surface area contributed by atoms with Crippen molar-refractivity contribution in [3.8, 4) is 5.69 Å². The minimum atomic E-state index is -1.21. The summed E-state index contributed by atoms with van der Waals surface area (Å²) >= 11 is 6.02. The summed E-state index contributed by atoms with van der Waals surface area (Å²) in [6.45, 7) is 5.56. The number of carboxylic acids is 1. The van der Waals surface area contributed by atoms with Crippen LogP contribution in [0.15, 0.2) is 53.6 Å². The summed E-state index contributed by atoms with van der Waals surface area (Å²) in [7, 11) is 0. The fourth-order valence-corrected chi connectivity index (χ4v) is 3.46. The molecule has 3 aromatic rings. The lowest BCUT2D eigenvalue weighted by Gasteiger charge is -2.16. The number of nitrogens with zero attached hydrogens (tertiary/aromatic N) is 2. The SMILES string of the molecule is Cc1c(C(=O)[O-])cccc1-n1c(C)cc(/C=N\NC(=O)c2ccccc2Cl)c1C. The van der Waals surface area contributed by atoms with Crippen LogP contribution in [0, 0.1) is 20.8 Å². The molecule has 0 spiro atoms. The van der Waals surface area contributed by atoms with E-state index in [2.05, 4.69) is 10.5 Å². The van der Waals surface area contributed by atoms with E-state index in [-0.39, 0.29) is 5.56 Å². The number of aromatic carboxylic acids is 1. The Balaban J connectivity index is 1.88. The van der Waals surface area contributed by atoms with Crippen LogP contribution in [0.1, 0.15) is 43.2 Å². The molecule has 0 radical (unpaired) electrons. The van der Waals surface area contributed by atoms with E-state index in [0.717, 1.165) is 22.6 Å². The lowest BCUT2D eigenvalue weighted by atomic mass is 10.1. The van der Waals surface area contributed by atoms with Gasteiger partial charge in [-0.05, 0) is 50.6 Å². The summed E-state index contributed by atoms with van der Waals surface area (Å²) in [5, 5.41) is 15.7. The van der Waals surface area contributed by atoms with Crippen molar-refractivity contribution in [2.75, 3.05) is 0 Å². The van der Waals surface area contributed by atoms with Gasteiger partial charge in [0.1, 0.15) is 0 Å². The third kappa shape index (κ3) is 4.07. The Hall–Kier alpha value is -3.38. The van der Waals surface area contributed by atoms with Crippen LogP contribution in [-0.4, -0.2) is 22.7 Å². The molecule has 0 aliphatic rings. The molecule has 1 amide bonds. The predicted octanol–water partition coefficient (Wildman–Crippen LogP) is 3.18. The van der Waals surface area contributed by atoms with E-state index < -0.39 is 11.9 Å². The highest BCUT2D eigenvalue weighted by Gasteiger charge is 2.14. The number of rotatable bonds is 5. The molecule has 6 nitrogen and oxygen atoms in total. The number of amides is 1. The summed E-state index contributed by atoms with van der Waals surface area (Å²) in [5.41, 5.74) is 6.88. The third-order valence-corrected chi connectivity index (χ3v) is 5.05. The van der Waals surface area contributed by atoms with Gasteiger partial charge in [0.15, 0.2) is 0 Å². The number of nitrogens with one attached hydrogen (secondary N) is 1. The first-order chi connectivity index (χ1) is 13.8. The zero-order valence-electron chi connectivity index (χ0n) is 16.2. The average molecular weight is 409 g/mol. The van der Waals surface area contributed by atoms with E-state index in [9.17, 15) is 14.7 Å². The highest BCUT2D eigenvalue weighted by Crippen LogP contribution is 2.24. The molecule has 1 aromatic heterocycles. The van der Waals surface area contributed by atoms with Crippen molar-refractivity contribution >= 4 is 29.7 Å². The van der Waals surface area contributed by atoms with Gasteiger partial charge >= 0.3 is 0 Å². The highest BCUT2D eigenvalue weighted by molar-refractivity contribution is 6.33. The van der Waals surface area contributed by atoms with Crippen molar-refractivity contribution in [3.63, 3.8) is 0 Å². The second-order valence-corrected chi connectivity index (χ2v) is 6.99. The molecule has 0 bridgehead atoms. The molecule has 0 atom stereocenters. The second kappa shape index (κ2) is 8.32. The maximum atomic E-state index is 12.2. The van der Waals surface area contributed by atoms with Crippen LogP contribution >= 0.6 is 11.6 Å². The lowest BCUT2D eigenvalue weighted by Crippen LogP contribution is -2.23. The number of hydrazone groups is 1. The van der Waals surface area contributed by atoms with E-state index in [4.69, 9.17) is 11.6 Å². The average Bonchev–Trinajstić information content (AvgIpc) is 2.95. The Kier molecular flexibility index (Phi) is 5.84. The number of carbonyl (C=O) groups is 2. The number of aryl methyl sites for hydroxylation is 1. The molecule has 0 unspecified atom stereocenters. The van der Waals surface area contributed by atoms with E-state index in [0.29, 0.717) is 16.1 Å². The van der Waals surface area contributed by atoms with Crippen LogP contribution in [0.2, 0.25) is 5.02 Å². The highest BCUT2D eigenvalue weighted by atomic mass is 35.5. The number of carboxylic acid groups (broad SMARTS) is 1. The first-order valence-corrected chi connectivity index (χ1v) is 9.27. The largest absolute Gasteiger partial charge is 0.545 e. The maximum absolute atomic E-state index is 12.2. The van der Waals surface area contributed by atoms with E-state index in [1.807, 2.05) is 30.5 Å². The van der Waals surface area contributed by atoms with E-state index in [1.54, 1.807) is 43.5 Å². The van der Waals surface area contributed by atoms with Crippen molar-refractivity contribution in [2.24, 2.45) is 5.10 Å². The Morgan fingerprint density at radius 2 is 1.76 bits per heavy atom. The van der Waals surface area contributed by atoms with Gasteiger partial charge in [-0.3, -0.25) is 4.79 Å². The maximum Gasteiger partial charge on any atom is 0.272 e. The Labute approximate surface area is 173 Å². The van der Waals surface area contributed by atoms with Crippen molar-refractivity contribution in [1.82, 2.24) is 9.99 Å². The summed E-state index contributed by atoms with van der Waals surface area (Å²) in [6.07, 6.45) is 1.55. The van der Waals surface area contributed by atoms with Crippen molar-refractivity contribution in [3.05, 3.63) is 87.2 Å². The van der Waals surface area contributed by atoms with Crippen LogP contribution in [0.4, 0.5) is 0 Å². The molecule has 1 heterocycles. The molecule has 7 heteroatoms. The molecule has 0 fully saturated rings. The molecule has 0 saturated heterocycles. The monoisotopic (exact) mass is 408 g/mol. The Morgan fingerprint density at radius 1 is 1.07 bits per heavy atom. The van der Waals surface area contributed by atoms with Crippen LogP contribution in [0.3, 0.4) is 0 Å². The number of aromatic nitrogens is 1. The van der Waals surface area contributed by atoms with Gasteiger partial charge in [0.25, 0.3) is 5.91 Å². The normalized spacial score (nSPS) is 11.0. The smallest absolute Gasteiger partial charge is 0.272 e. The van der Waals surface area contributed by atoms with Crippen molar-refractivity contribution in [1.29, 1.82) is 0 Å². The van der Waals surface area contributed by atoms with Crippen LogP contribution in [-0.2, 0) is 0 Å². The number of halogens is 1. The number of hydrogen-bond donors (Lipinski definition) is 1. The third-order valence-electron chi connectivity index (χ3n) is 4.72. The fourth-order valence-electron chi connectivity index (χ4n) is 3.24. The molecular formula is C22H19ClN3O3-. The zero-order chi connectivity index (χ0) is 21.1. The van der Waals surface area contributed by atoms with Gasteiger partial charge in [-0.2, -0.15) is 5.10 Å². The Morgan fingerprint density at radius 3 is 2.45 bits per heavy atom.